The Morgan fingerprint density at radius 3 is 2.07 bits per heavy atom. The highest BCUT2D eigenvalue weighted by atomic mass is 16.1. The molecule has 0 saturated heterocycles. The Bertz CT molecular complexity index is 653. The lowest BCUT2D eigenvalue weighted by Crippen LogP contribution is -2.33. The molecule has 1 rings (SSSR count). The molecule has 0 aromatic carbocycles. The number of Topliss-reactive ketones (excluding diaryl/α,β-unsaturated/α-hetero) is 1. The Labute approximate surface area is 180 Å². The van der Waals surface area contributed by atoms with Crippen LogP contribution in [0.5, 0.6) is 0 Å². The van der Waals surface area contributed by atoms with Crippen molar-refractivity contribution >= 4 is 5.78 Å². The number of unbranched alkanes of at least 4 members (excludes halogenated alkanes) is 4. The van der Waals surface area contributed by atoms with Crippen molar-refractivity contribution in [1.82, 2.24) is 15.0 Å². The molecular weight excluding hydrogens is 358 g/mol. The Hall–Kier alpha value is -1.19. The molecule has 1 aromatic heterocycles. The Balaban J connectivity index is 2.83. The standard InChI is InChI=1S/C25H47N3O/c1-11-12-13-14-15-16-22(3,4)18-25(9,10)28-17-21(26-27-28)24(7,8)19-23(5,6)20(2)29/h17H,11-16,18-19H2,1-10H3. The molecule has 0 aliphatic rings. The van der Waals surface area contributed by atoms with Gasteiger partial charge < -0.3 is 0 Å². The maximum atomic E-state index is 12.0. The third-order valence-corrected chi connectivity index (χ3v) is 6.51. The number of hydrogen-bond acceptors (Lipinski definition) is 3. The van der Waals surface area contributed by atoms with E-state index in [2.05, 4.69) is 65.0 Å². The first kappa shape index (κ1) is 25.8. The Morgan fingerprint density at radius 2 is 1.52 bits per heavy atom. The van der Waals surface area contributed by atoms with Crippen molar-refractivity contribution in [3.8, 4) is 0 Å². The van der Waals surface area contributed by atoms with Gasteiger partial charge in [-0.15, -0.1) is 5.10 Å². The second-order valence-electron chi connectivity index (χ2n) is 11.9. The average Bonchev–Trinajstić information content (AvgIpc) is 3.04. The van der Waals surface area contributed by atoms with Gasteiger partial charge in [0, 0.05) is 17.0 Å². The van der Waals surface area contributed by atoms with E-state index in [0.717, 1.165) is 18.5 Å². The van der Waals surface area contributed by atoms with E-state index in [4.69, 9.17) is 0 Å². The summed E-state index contributed by atoms with van der Waals surface area (Å²) in [6.07, 6.45) is 11.8. The van der Waals surface area contributed by atoms with Crippen LogP contribution < -0.4 is 0 Å². The zero-order chi connectivity index (χ0) is 22.5. The first-order chi connectivity index (χ1) is 13.1. The monoisotopic (exact) mass is 405 g/mol. The van der Waals surface area contributed by atoms with Crippen LogP contribution in [-0.4, -0.2) is 20.8 Å². The SMILES string of the molecule is CCCCCCCC(C)(C)CC(C)(C)n1cc(C(C)(C)CC(C)(C)C(C)=O)nn1. The van der Waals surface area contributed by atoms with Gasteiger partial charge in [-0.05, 0) is 45.4 Å². The van der Waals surface area contributed by atoms with E-state index in [1.54, 1.807) is 6.92 Å². The summed E-state index contributed by atoms with van der Waals surface area (Å²) < 4.78 is 2.05. The fourth-order valence-electron chi connectivity index (χ4n) is 4.74. The van der Waals surface area contributed by atoms with Crippen molar-refractivity contribution in [2.75, 3.05) is 0 Å². The van der Waals surface area contributed by atoms with Gasteiger partial charge in [-0.1, -0.05) is 85.8 Å². The average molecular weight is 406 g/mol. The molecule has 1 heterocycles. The predicted molar refractivity (Wildman–Crippen MR) is 123 cm³/mol. The molecule has 0 amide bonds. The van der Waals surface area contributed by atoms with Crippen LogP contribution in [0.4, 0.5) is 0 Å². The summed E-state index contributed by atoms with van der Waals surface area (Å²) in [5, 5.41) is 9.04. The van der Waals surface area contributed by atoms with Crippen LogP contribution in [0.1, 0.15) is 126 Å². The molecule has 168 valence electrons. The van der Waals surface area contributed by atoms with Gasteiger partial charge in [0.05, 0.1) is 11.2 Å². The van der Waals surface area contributed by atoms with Gasteiger partial charge in [0.15, 0.2) is 0 Å². The minimum absolute atomic E-state index is 0.0929. The first-order valence-corrected chi connectivity index (χ1v) is 11.6. The van der Waals surface area contributed by atoms with Gasteiger partial charge in [0.2, 0.25) is 0 Å². The third-order valence-electron chi connectivity index (χ3n) is 6.51. The molecule has 0 fully saturated rings. The van der Waals surface area contributed by atoms with Crippen molar-refractivity contribution < 1.29 is 4.79 Å². The molecule has 0 bridgehead atoms. The number of carbonyl (C=O) groups excluding carboxylic acids is 1. The molecule has 0 saturated carbocycles. The number of rotatable bonds is 13. The van der Waals surface area contributed by atoms with E-state index in [9.17, 15) is 4.79 Å². The van der Waals surface area contributed by atoms with E-state index < -0.39 is 0 Å². The van der Waals surface area contributed by atoms with Crippen LogP contribution in [0.25, 0.3) is 0 Å². The normalized spacial score (nSPS) is 13.7. The molecule has 1 aromatic rings. The predicted octanol–water partition coefficient (Wildman–Crippen LogP) is 7.07. The number of carbonyl (C=O) groups is 1. The fourth-order valence-corrected chi connectivity index (χ4v) is 4.74. The van der Waals surface area contributed by atoms with Crippen LogP contribution in [0.15, 0.2) is 6.20 Å². The van der Waals surface area contributed by atoms with Crippen LogP contribution in [0, 0.1) is 10.8 Å². The molecular formula is C25H47N3O. The fraction of sp³-hybridized carbons (Fsp3) is 0.880. The summed E-state index contributed by atoms with van der Waals surface area (Å²) in [6, 6.07) is 0. The van der Waals surface area contributed by atoms with Gasteiger partial charge in [-0.2, -0.15) is 0 Å². The Kier molecular flexibility index (Phi) is 8.69. The molecule has 0 atom stereocenters. The number of hydrogen-bond donors (Lipinski definition) is 0. The molecule has 29 heavy (non-hydrogen) atoms. The van der Waals surface area contributed by atoms with Gasteiger partial charge in [-0.25, -0.2) is 4.68 Å². The van der Waals surface area contributed by atoms with Crippen molar-refractivity contribution in [3.63, 3.8) is 0 Å². The van der Waals surface area contributed by atoms with E-state index >= 15 is 0 Å². The summed E-state index contributed by atoms with van der Waals surface area (Å²) in [7, 11) is 0. The van der Waals surface area contributed by atoms with Crippen LogP contribution >= 0.6 is 0 Å². The van der Waals surface area contributed by atoms with Gasteiger partial charge in [0.25, 0.3) is 0 Å². The molecule has 4 heteroatoms. The van der Waals surface area contributed by atoms with Gasteiger partial charge in [0.1, 0.15) is 5.78 Å². The molecule has 0 N–H and O–H groups in total. The molecule has 0 unspecified atom stereocenters. The summed E-state index contributed by atoms with van der Waals surface area (Å²) in [5.41, 5.74) is 0.594. The second-order valence-corrected chi connectivity index (χ2v) is 11.9. The third kappa shape index (κ3) is 7.86. The minimum atomic E-state index is -0.359. The number of ketones is 1. The zero-order valence-corrected chi connectivity index (χ0v) is 21.0. The van der Waals surface area contributed by atoms with E-state index in [1.807, 2.05) is 18.5 Å². The lowest BCUT2D eigenvalue weighted by Gasteiger charge is -2.35. The van der Waals surface area contributed by atoms with Crippen LogP contribution in [-0.2, 0) is 15.7 Å². The highest BCUT2D eigenvalue weighted by molar-refractivity contribution is 5.81. The van der Waals surface area contributed by atoms with Crippen molar-refractivity contribution in [1.29, 1.82) is 0 Å². The van der Waals surface area contributed by atoms with Crippen LogP contribution in [0.3, 0.4) is 0 Å². The van der Waals surface area contributed by atoms with Crippen molar-refractivity contribution in [2.24, 2.45) is 10.8 Å². The highest BCUT2D eigenvalue weighted by Gasteiger charge is 2.37. The topological polar surface area (TPSA) is 47.8 Å². The minimum Gasteiger partial charge on any atom is -0.299 e. The Morgan fingerprint density at radius 1 is 0.931 bits per heavy atom. The number of nitrogens with zero attached hydrogens (tertiary/aromatic N) is 3. The van der Waals surface area contributed by atoms with Crippen molar-refractivity contribution in [3.05, 3.63) is 11.9 Å². The first-order valence-electron chi connectivity index (χ1n) is 11.6. The summed E-state index contributed by atoms with van der Waals surface area (Å²) >= 11 is 0. The van der Waals surface area contributed by atoms with Crippen molar-refractivity contribution in [2.45, 2.75) is 132 Å². The molecule has 0 radical (unpaired) electrons. The van der Waals surface area contributed by atoms with E-state index in [0.29, 0.717) is 0 Å². The van der Waals surface area contributed by atoms with E-state index in [-0.39, 0.29) is 27.6 Å². The quantitative estimate of drug-likeness (QED) is 0.330. The second kappa shape index (κ2) is 9.75. The summed E-state index contributed by atoms with van der Waals surface area (Å²) in [6.45, 7) is 21.6. The van der Waals surface area contributed by atoms with E-state index in [1.165, 1.54) is 38.5 Å². The zero-order valence-electron chi connectivity index (χ0n) is 21.0. The molecule has 0 aliphatic carbocycles. The lowest BCUT2D eigenvalue weighted by atomic mass is 9.72. The molecule has 4 nitrogen and oxygen atoms in total. The van der Waals surface area contributed by atoms with Crippen LogP contribution in [0.2, 0.25) is 0 Å². The molecule has 0 spiro atoms. The van der Waals surface area contributed by atoms with Gasteiger partial charge >= 0.3 is 0 Å². The summed E-state index contributed by atoms with van der Waals surface area (Å²) in [4.78, 5) is 12.0. The summed E-state index contributed by atoms with van der Waals surface area (Å²) in [5.74, 6) is 0.221. The maximum Gasteiger partial charge on any atom is 0.135 e. The van der Waals surface area contributed by atoms with Gasteiger partial charge in [-0.3, -0.25) is 4.79 Å². The molecule has 0 aliphatic heterocycles. The largest absolute Gasteiger partial charge is 0.299 e. The maximum absolute atomic E-state index is 12.0. The number of aromatic nitrogens is 3. The smallest absolute Gasteiger partial charge is 0.135 e. The highest BCUT2D eigenvalue weighted by Crippen LogP contribution is 2.39. The lowest BCUT2D eigenvalue weighted by molar-refractivity contribution is -0.125.